The van der Waals surface area contributed by atoms with Crippen molar-refractivity contribution in [3.63, 3.8) is 0 Å². The Bertz CT molecular complexity index is 1170. The van der Waals surface area contributed by atoms with Crippen molar-refractivity contribution in [2.45, 2.75) is 25.4 Å². The highest BCUT2D eigenvalue weighted by molar-refractivity contribution is 5.92. The van der Waals surface area contributed by atoms with Crippen molar-refractivity contribution >= 4 is 16.8 Å². The van der Waals surface area contributed by atoms with Gasteiger partial charge >= 0.3 is 0 Å². The Morgan fingerprint density at radius 2 is 2.14 bits per heavy atom. The summed E-state index contributed by atoms with van der Waals surface area (Å²) in [5, 5.41) is 0.518. The number of carbonyl (C=O) groups is 1. The minimum Gasteiger partial charge on any atom is -0.383 e. The molecular weight excluding hydrogens is 374 g/mol. The van der Waals surface area contributed by atoms with E-state index >= 15 is 0 Å². The van der Waals surface area contributed by atoms with Gasteiger partial charge in [0.15, 0.2) is 5.69 Å². The fraction of sp³-hybridized carbons (Fsp3) is 0.350. The molecule has 9 heteroatoms. The second kappa shape index (κ2) is 7.96. The summed E-state index contributed by atoms with van der Waals surface area (Å²) in [4.78, 5) is 50.9. The normalized spacial score (nSPS) is 16.4. The number of carbonyl (C=O) groups excluding carboxylic acids is 1. The molecular formula is C20H21N5O4. The first-order chi connectivity index (χ1) is 14.1. The maximum atomic E-state index is 13.1. The molecule has 1 aromatic carbocycles. The number of aromatic nitrogens is 4. The molecule has 1 unspecified atom stereocenters. The standard InChI is InChI=1S/C20H21N5O4/c1-29-12-11-25-17(23-14-6-3-2-5-13(14)19(25)27)15-7-4-10-24(15)20(28)16-18(26)22-9-8-21-16/h2-3,5-6,8-9,15H,4,7,10-12H2,1H3,(H,22,26). The Morgan fingerprint density at radius 1 is 1.31 bits per heavy atom. The lowest BCUT2D eigenvalue weighted by Gasteiger charge is -2.26. The van der Waals surface area contributed by atoms with Gasteiger partial charge in [0.25, 0.3) is 17.0 Å². The van der Waals surface area contributed by atoms with Gasteiger partial charge in [-0.3, -0.25) is 19.0 Å². The molecule has 1 amide bonds. The maximum Gasteiger partial charge on any atom is 0.279 e. The van der Waals surface area contributed by atoms with Crippen LogP contribution in [0.25, 0.3) is 10.9 Å². The molecule has 150 valence electrons. The molecule has 4 rings (SSSR count). The number of H-pyrrole nitrogens is 1. The summed E-state index contributed by atoms with van der Waals surface area (Å²) < 4.78 is 6.74. The number of nitrogens with one attached hydrogen (secondary N) is 1. The van der Waals surface area contributed by atoms with Gasteiger partial charge in [0.1, 0.15) is 5.82 Å². The average Bonchev–Trinajstić information content (AvgIpc) is 3.22. The summed E-state index contributed by atoms with van der Waals surface area (Å²) in [5.74, 6) is 0.0407. The van der Waals surface area contributed by atoms with Crippen LogP contribution in [0.2, 0.25) is 0 Å². The molecule has 0 spiro atoms. The van der Waals surface area contributed by atoms with Gasteiger partial charge in [-0.2, -0.15) is 0 Å². The molecule has 29 heavy (non-hydrogen) atoms. The van der Waals surface area contributed by atoms with Crippen molar-refractivity contribution in [3.05, 3.63) is 68.9 Å². The summed E-state index contributed by atoms with van der Waals surface area (Å²) >= 11 is 0. The Morgan fingerprint density at radius 3 is 2.93 bits per heavy atom. The molecule has 1 aliphatic rings. The van der Waals surface area contributed by atoms with Crippen LogP contribution in [0.3, 0.4) is 0 Å². The predicted octanol–water partition coefficient (Wildman–Crippen LogP) is 1.10. The van der Waals surface area contributed by atoms with E-state index in [2.05, 4.69) is 9.97 Å². The van der Waals surface area contributed by atoms with Gasteiger partial charge in [0.05, 0.1) is 30.1 Å². The Hall–Kier alpha value is -3.33. The molecule has 0 saturated carbocycles. The van der Waals surface area contributed by atoms with E-state index in [1.54, 1.807) is 34.8 Å². The number of para-hydroxylation sites is 1. The smallest absolute Gasteiger partial charge is 0.279 e. The van der Waals surface area contributed by atoms with E-state index in [4.69, 9.17) is 9.72 Å². The van der Waals surface area contributed by atoms with Crippen LogP contribution < -0.4 is 11.1 Å². The number of ether oxygens (including phenoxy) is 1. The third kappa shape index (κ3) is 3.44. The number of nitrogens with zero attached hydrogens (tertiary/aromatic N) is 4. The predicted molar refractivity (Wildman–Crippen MR) is 106 cm³/mol. The van der Waals surface area contributed by atoms with Crippen molar-refractivity contribution in [3.8, 4) is 0 Å². The number of benzene rings is 1. The third-order valence-corrected chi connectivity index (χ3v) is 5.13. The lowest BCUT2D eigenvalue weighted by molar-refractivity contribution is 0.0717. The molecule has 0 aliphatic carbocycles. The SMILES string of the molecule is COCCn1c(C2CCCN2C(=O)c2ncc[nH]c2=O)nc2ccccc2c1=O. The first kappa shape index (κ1) is 19.0. The van der Waals surface area contributed by atoms with Crippen molar-refractivity contribution in [2.75, 3.05) is 20.3 Å². The van der Waals surface area contributed by atoms with E-state index in [0.717, 1.165) is 6.42 Å². The zero-order valence-electron chi connectivity index (χ0n) is 16.0. The molecule has 0 radical (unpaired) electrons. The quantitative estimate of drug-likeness (QED) is 0.693. The molecule has 9 nitrogen and oxygen atoms in total. The lowest BCUT2D eigenvalue weighted by atomic mass is 10.1. The first-order valence-electron chi connectivity index (χ1n) is 9.45. The van der Waals surface area contributed by atoms with Crippen molar-refractivity contribution in [1.82, 2.24) is 24.4 Å². The second-order valence-electron chi connectivity index (χ2n) is 6.86. The maximum absolute atomic E-state index is 13.1. The monoisotopic (exact) mass is 395 g/mol. The summed E-state index contributed by atoms with van der Waals surface area (Å²) in [6.07, 6.45) is 4.15. The Balaban J connectivity index is 1.82. The molecule has 1 N–H and O–H groups in total. The lowest BCUT2D eigenvalue weighted by Crippen LogP contribution is -2.38. The van der Waals surface area contributed by atoms with E-state index < -0.39 is 17.5 Å². The van der Waals surface area contributed by atoms with E-state index in [1.165, 1.54) is 12.4 Å². The molecule has 2 aromatic heterocycles. The van der Waals surface area contributed by atoms with Gasteiger partial charge in [0.2, 0.25) is 0 Å². The van der Waals surface area contributed by atoms with Crippen molar-refractivity contribution < 1.29 is 9.53 Å². The molecule has 1 aliphatic heterocycles. The molecule has 1 saturated heterocycles. The minimum absolute atomic E-state index is 0.161. The number of likely N-dealkylation sites (tertiary alicyclic amines) is 1. The van der Waals surface area contributed by atoms with Gasteiger partial charge in [0, 0.05) is 26.0 Å². The van der Waals surface area contributed by atoms with E-state index in [9.17, 15) is 14.4 Å². The molecule has 3 heterocycles. The zero-order valence-corrected chi connectivity index (χ0v) is 16.0. The van der Waals surface area contributed by atoms with Crippen LogP contribution in [0.1, 0.15) is 35.2 Å². The number of aromatic amines is 1. The van der Waals surface area contributed by atoms with Gasteiger partial charge in [-0.25, -0.2) is 9.97 Å². The highest BCUT2D eigenvalue weighted by Gasteiger charge is 2.35. The Kier molecular flexibility index (Phi) is 5.22. The fourth-order valence-corrected chi connectivity index (χ4v) is 3.76. The highest BCUT2D eigenvalue weighted by Crippen LogP contribution is 2.31. The minimum atomic E-state index is -0.536. The number of fused-ring (bicyclic) bond motifs is 1. The van der Waals surface area contributed by atoms with Crippen LogP contribution in [0.15, 0.2) is 46.2 Å². The van der Waals surface area contributed by atoms with Crippen LogP contribution in [-0.2, 0) is 11.3 Å². The summed E-state index contributed by atoms with van der Waals surface area (Å²) in [7, 11) is 1.57. The average molecular weight is 395 g/mol. The fourth-order valence-electron chi connectivity index (χ4n) is 3.76. The Labute approximate surface area is 166 Å². The van der Waals surface area contributed by atoms with Crippen LogP contribution in [-0.4, -0.2) is 50.6 Å². The van der Waals surface area contributed by atoms with Crippen molar-refractivity contribution in [2.24, 2.45) is 0 Å². The third-order valence-electron chi connectivity index (χ3n) is 5.13. The van der Waals surface area contributed by atoms with Crippen LogP contribution >= 0.6 is 0 Å². The summed E-state index contributed by atoms with van der Waals surface area (Å²) in [5.41, 5.74) is -0.286. The second-order valence-corrected chi connectivity index (χ2v) is 6.86. The zero-order chi connectivity index (χ0) is 20.4. The van der Waals surface area contributed by atoms with E-state index in [0.29, 0.717) is 42.8 Å². The van der Waals surface area contributed by atoms with Gasteiger partial charge in [-0.1, -0.05) is 12.1 Å². The summed E-state index contributed by atoms with van der Waals surface area (Å²) in [6.45, 7) is 1.13. The molecule has 3 aromatic rings. The highest BCUT2D eigenvalue weighted by atomic mass is 16.5. The van der Waals surface area contributed by atoms with Gasteiger partial charge in [-0.05, 0) is 25.0 Å². The first-order valence-corrected chi connectivity index (χ1v) is 9.45. The van der Waals surface area contributed by atoms with Crippen molar-refractivity contribution in [1.29, 1.82) is 0 Å². The number of amides is 1. The van der Waals surface area contributed by atoms with E-state index in [1.807, 2.05) is 6.07 Å². The summed E-state index contributed by atoms with van der Waals surface area (Å²) in [6, 6.07) is 6.72. The molecule has 1 atom stereocenters. The van der Waals surface area contributed by atoms with Gasteiger partial charge < -0.3 is 14.6 Å². The van der Waals surface area contributed by atoms with Crippen LogP contribution in [0, 0.1) is 0 Å². The number of rotatable bonds is 5. The number of hydrogen-bond donors (Lipinski definition) is 1. The molecule has 1 fully saturated rings. The van der Waals surface area contributed by atoms with Crippen LogP contribution in [0.5, 0.6) is 0 Å². The number of hydrogen-bond acceptors (Lipinski definition) is 6. The van der Waals surface area contributed by atoms with Gasteiger partial charge in [-0.15, -0.1) is 0 Å². The topological polar surface area (TPSA) is 110 Å². The van der Waals surface area contributed by atoms with Crippen LogP contribution in [0.4, 0.5) is 0 Å². The van der Waals surface area contributed by atoms with E-state index in [-0.39, 0.29) is 11.3 Å². The molecule has 0 bridgehead atoms. The number of methoxy groups -OCH3 is 1. The largest absolute Gasteiger partial charge is 0.383 e.